The van der Waals surface area contributed by atoms with Crippen LogP contribution in [0.25, 0.3) is 0 Å². The Morgan fingerprint density at radius 2 is 2.11 bits per heavy atom. The van der Waals surface area contributed by atoms with E-state index in [-0.39, 0.29) is 12.5 Å². The maximum absolute atomic E-state index is 12.4. The number of rotatable bonds is 6. The van der Waals surface area contributed by atoms with Crippen molar-refractivity contribution in [3.8, 4) is 5.75 Å². The van der Waals surface area contributed by atoms with Gasteiger partial charge < -0.3 is 9.64 Å². The van der Waals surface area contributed by atoms with Gasteiger partial charge in [-0.25, -0.2) is 8.42 Å². The van der Waals surface area contributed by atoms with E-state index < -0.39 is 10.0 Å². The van der Waals surface area contributed by atoms with Crippen LogP contribution in [0.15, 0.2) is 42.7 Å². The van der Waals surface area contributed by atoms with E-state index in [1.807, 2.05) is 30.3 Å². The van der Waals surface area contributed by atoms with Crippen LogP contribution in [-0.2, 0) is 34.3 Å². The van der Waals surface area contributed by atoms with Crippen LogP contribution in [0.4, 0.5) is 0 Å². The molecule has 150 valence electrons. The second-order valence-corrected chi connectivity index (χ2v) is 8.98. The van der Waals surface area contributed by atoms with Crippen molar-refractivity contribution in [3.05, 3.63) is 59.4 Å². The number of carbonyl (C=O) groups excluding carboxylic acids is 1. The van der Waals surface area contributed by atoms with Gasteiger partial charge in [-0.1, -0.05) is 18.2 Å². The molecule has 1 amide bonds. The van der Waals surface area contributed by atoms with E-state index in [0.29, 0.717) is 38.3 Å². The van der Waals surface area contributed by atoms with Gasteiger partial charge in [0.25, 0.3) is 0 Å². The summed E-state index contributed by atoms with van der Waals surface area (Å²) in [5.41, 5.74) is 2.80. The molecule has 1 aliphatic heterocycles. The van der Waals surface area contributed by atoms with Crippen molar-refractivity contribution in [1.82, 2.24) is 14.2 Å². The molecule has 0 N–H and O–H groups in total. The van der Waals surface area contributed by atoms with Gasteiger partial charge in [-0.3, -0.25) is 9.78 Å². The molecule has 0 unspecified atom stereocenters. The lowest BCUT2D eigenvalue weighted by molar-refractivity contribution is -0.130. The lowest BCUT2D eigenvalue weighted by atomic mass is 10.0. The number of benzene rings is 1. The number of fused-ring (bicyclic) bond motifs is 1. The summed E-state index contributed by atoms with van der Waals surface area (Å²) in [6.07, 6.45) is 5.63. The molecule has 28 heavy (non-hydrogen) atoms. The molecular formula is C20H25N3O4S. The average Bonchev–Trinajstić information content (AvgIpc) is 2.88. The molecule has 0 radical (unpaired) electrons. The van der Waals surface area contributed by atoms with Crippen molar-refractivity contribution in [2.75, 3.05) is 26.5 Å². The number of aromatic nitrogens is 1. The third-order valence-corrected chi connectivity index (χ3v) is 5.98. The van der Waals surface area contributed by atoms with E-state index >= 15 is 0 Å². The van der Waals surface area contributed by atoms with Gasteiger partial charge in [0.05, 0.1) is 6.26 Å². The highest BCUT2D eigenvalue weighted by Gasteiger charge is 2.22. The normalized spacial score (nSPS) is 14.6. The minimum atomic E-state index is -3.28. The van der Waals surface area contributed by atoms with Crippen LogP contribution in [0.2, 0.25) is 0 Å². The second kappa shape index (κ2) is 8.70. The fourth-order valence-corrected chi connectivity index (χ4v) is 3.94. The Kier molecular flexibility index (Phi) is 6.31. The minimum absolute atomic E-state index is 0.0489. The van der Waals surface area contributed by atoms with Crippen LogP contribution in [0.1, 0.15) is 23.1 Å². The Balaban J connectivity index is 1.62. The zero-order valence-electron chi connectivity index (χ0n) is 16.2. The van der Waals surface area contributed by atoms with Crippen molar-refractivity contribution in [2.24, 2.45) is 0 Å². The Hall–Kier alpha value is -2.45. The molecule has 0 atom stereocenters. The van der Waals surface area contributed by atoms with Crippen LogP contribution in [0, 0.1) is 0 Å². The number of hydrogen-bond donors (Lipinski definition) is 0. The summed E-state index contributed by atoms with van der Waals surface area (Å²) in [4.78, 5) is 18.2. The van der Waals surface area contributed by atoms with Crippen LogP contribution in [0.5, 0.6) is 5.75 Å². The Bertz CT molecular complexity index is 932. The number of carbonyl (C=O) groups is 1. The molecule has 0 saturated carbocycles. The van der Waals surface area contributed by atoms with Crippen LogP contribution >= 0.6 is 0 Å². The number of aryl methyl sites for hydroxylation is 1. The zero-order chi connectivity index (χ0) is 20.1. The summed E-state index contributed by atoms with van der Waals surface area (Å²) < 4.78 is 30.9. The first-order valence-electron chi connectivity index (χ1n) is 9.15. The number of sulfonamides is 1. The zero-order valence-corrected chi connectivity index (χ0v) is 17.0. The highest BCUT2D eigenvalue weighted by Crippen LogP contribution is 2.26. The van der Waals surface area contributed by atoms with E-state index in [9.17, 15) is 13.2 Å². The lowest BCUT2D eigenvalue weighted by Crippen LogP contribution is -2.31. The van der Waals surface area contributed by atoms with Crippen LogP contribution < -0.4 is 4.74 Å². The fraction of sp³-hybridized carbons (Fsp3) is 0.400. The molecule has 0 saturated heterocycles. The summed E-state index contributed by atoms with van der Waals surface area (Å²) in [6.45, 7) is 1.47. The topological polar surface area (TPSA) is 79.8 Å². The van der Waals surface area contributed by atoms with Crippen LogP contribution in [0.3, 0.4) is 0 Å². The summed E-state index contributed by atoms with van der Waals surface area (Å²) >= 11 is 0. The van der Waals surface area contributed by atoms with Crippen molar-refractivity contribution in [2.45, 2.75) is 25.9 Å². The van der Waals surface area contributed by atoms with E-state index in [1.165, 1.54) is 10.6 Å². The SMILES string of the molecule is CN(Cc1cccnc1)C(=O)CCc1ccc2c(c1)CN(S(C)(=O)=O)CCO2. The Morgan fingerprint density at radius 1 is 1.29 bits per heavy atom. The van der Waals surface area contributed by atoms with E-state index in [1.54, 1.807) is 24.3 Å². The molecule has 1 aromatic carbocycles. The molecule has 0 aliphatic carbocycles. The second-order valence-electron chi connectivity index (χ2n) is 7.00. The van der Waals surface area contributed by atoms with Gasteiger partial charge in [0, 0.05) is 51.1 Å². The third-order valence-electron chi connectivity index (χ3n) is 4.73. The first-order valence-corrected chi connectivity index (χ1v) is 11.0. The van der Waals surface area contributed by atoms with Crippen molar-refractivity contribution in [1.29, 1.82) is 0 Å². The summed E-state index contributed by atoms with van der Waals surface area (Å²) in [5.74, 6) is 0.753. The molecule has 2 heterocycles. The van der Waals surface area contributed by atoms with Crippen molar-refractivity contribution in [3.63, 3.8) is 0 Å². The summed E-state index contributed by atoms with van der Waals surface area (Å²) in [5, 5.41) is 0. The third kappa shape index (κ3) is 5.30. The molecular weight excluding hydrogens is 378 g/mol. The number of amides is 1. The lowest BCUT2D eigenvalue weighted by Gasteiger charge is -2.18. The van der Waals surface area contributed by atoms with Gasteiger partial charge in [0.1, 0.15) is 12.4 Å². The average molecular weight is 404 g/mol. The number of hydrogen-bond acceptors (Lipinski definition) is 5. The highest BCUT2D eigenvalue weighted by atomic mass is 32.2. The first kappa shape index (κ1) is 20.3. The molecule has 0 fully saturated rings. The first-order chi connectivity index (χ1) is 13.3. The van der Waals surface area contributed by atoms with E-state index in [0.717, 1.165) is 16.7 Å². The number of ether oxygens (including phenoxy) is 1. The standard InChI is InChI=1S/C20H25N3O4S/c1-22(14-17-4-3-9-21-13-17)20(24)8-6-16-5-7-19-18(12-16)15-23(10-11-27-19)28(2,25)26/h3-5,7,9,12-13H,6,8,10-11,14-15H2,1-2H3. The molecule has 1 aliphatic rings. The maximum Gasteiger partial charge on any atom is 0.222 e. The fourth-order valence-electron chi connectivity index (χ4n) is 3.16. The van der Waals surface area contributed by atoms with Gasteiger partial charge in [0.2, 0.25) is 15.9 Å². The number of nitrogens with zero attached hydrogens (tertiary/aromatic N) is 3. The number of pyridine rings is 1. The smallest absolute Gasteiger partial charge is 0.222 e. The van der Waals surface area contributed by atoms with E-state index in [4.69, 9.17) is 4.74 Å². The van der Waals surface area contributed by atoms with E-state index in [2.05, 4.69) is 4.98 Å². The Morgan fingerprint density at radius 3 is 2.82 bits per heavy atom. The predicted octanol–water partition coefficient (Wildman–Crippen LogP) is 1.83. The predicted molar refractivity (Wildman–Crippen MR) is 106 cm³/mol. The molecule has 8 heteroatoms. The molecule has 0 spiro atoms. The van der Waals surface area contributed by atoms with Crippen LogP contribution in [-0.4, -0.2) is 55.0 Å². The largest absolute Gasteiger partial charge is 0.492 e. The highest BCUT2D eigenvalue weighted by molar-refractivity contribution is 7.88. The molecule has 1 aromatic heterocycles. The van der Waals surface area contributed by atoms with Gasteiger partial charge in [0.15, 0.2) is 0 Å². The molecule has 2 aromatic rings. The van der Waals surface area contributed by atoms with Crippen molar-refractivity contribution >= 4 is 15.9 Å². The van der Waals surface area contributed by atoms with Crippen molar-refractivity contribution < 1.29 is 17.9 Å². The Labute approximate surface area is 166 Å². The van der Waals surface area contributed by atoms with Gasteiger partial charge in [-0.2, -0.15) is 4.31 Å². The minimum Gasteiger partial charge on any atom is -0.492 e. The van der Waals surface area contributed by atoms with Gasteiger partial charge >= 0.3 is 0 Å². The van der Waals surface area contributed by atoms with Gasteiger partial charge in [-0.05, 0) is 29.7 Å². The molecule has 3 rings (SSSR count). The summed E-state index contributed by atoms with van der Waals surface area (Å²) in [7, 11) is -1.50. The van der Waals surface area contributed by atoms with Gasteiger partial charge in [-0.15, -0.1) is 0 Å². The molecule has 0 bridgehead atoms. The monoisotopic (exact) mass is 403 g/mol. The molecule has 7 nitrogen and oxygen atoms in total. The summed E-state index contributed by atoms with van der Waals surface area (Å²) in [6, 6.07) is 9.53. The maximum atomic E-state index is 12.4. The quantitative estimate of drug-likeness (QED) is 0.735.